The maximum absolute atomic E-state index is 13.2. The Hall–Kier alpha value is -4.12. The molecule has 37 heavy (non-hydrogen) atoms. The fourth-order valence-corrected chi connectivity index (χ4v) is 4.69. The summed E-state index contributed by atoms with van der Waals surface area (Å²) in [4.78, 5) is 22.0. The van der Waals surface area contributed by atoms with E-state index in [1.54, 1.807) is 12.3 Å². The summed E-state index contributed by atoms with van der Waals surface area (Å²) in [6.07, 6.45) is 5.27. The third-order valence-corrected chi connectivity index (χ3v) is 6.69. The van der Waals surface area contributed by atoms with Crippen molar-refractivity contribution in [3.05, 3.63) is 77.3 Å². The highest BCUT2D eigenvalue weighted by molar-refractivity contribution is 5.79. The van der Waals surface area contributed by atoms with E-state index in [-0.39, 0.29) is 24.3 Å². The van der Waals surface area contributed by atoms with Crippen molar-refractivity contribution in [3.8, 4) is 5.82 Å². The minimum Gasteiger partial charge on any atom is -0.384 e. The van der Waals surface area contributed by atoms with E-state index in [0.717, 1.165) is 23.0 Å². The molecule has 4 aromatic rings. The first-order valence-electron chi connectivity index (χ1n) is 12.2. The van der Waals surface area contributed by atoms with Crippen molar-refractivity contribution >= 4 is 17.5 Å². The van der Waals surface area contributed by atoms with Gasteiger partial charge in [-0.05, 0) is 69.4 Å². The predicted molar refractivity (Wildman–Crippen MR) is 135 cm³/mol. The smallest absolute Gasteiger partial charge is 0.223 e. The first-order valence-corrected chi connectivity index (χ1v) is 12.2. The number of aryl methyl sites for hydroxylation is 2. The van der Waals surface area contributed by atoms with Gasteiger partial charge in [-0.25, -0.2) is 19.0 Å². The molecule has 0 aliphatic heterocycles. The summed E-state index contributed by atoms with van der Waals surface area (Å²) in [5, 5.41) is 28.6. The van der Waals surface area contributed by atoms with Crippen LogP contribution in [0.2, 0.25) is 0 Å². The molecule has 1 aliphatic rings. The van der Waals surface area contributed by atoms with Crippen LogP contribution < -0.4 is 10.6 Å². The standard InChI is InChI=1S/C26H29FN8O2/c1-15-8-21(31-22(9-15)32-23-10-16(2)33-34-23)26(37)7-6-18(11-26)25(36)30-17(3)19-4-5-24(28-12-19)35-14-20(27)13-29-35/h4-5,8-10,12-14,17-18,37H,6-7,11H2,1-3H3,(H,30,36)(H2,31,32,33,34)/t17-,18-,26+/m0/s1. The highest BCUT2D eigenvalue weighted by atomic mass is 19.1. The third-order valence-electron chi connectivity index (χ3n) is 6.69. The molecule has 4 heterocycles. The van der Waals surface area contributed by atoms with E-state index >= 15 is 0 Å². The molecule has 0 bridgehead atoms. The lowest BCUT2D eigenvalue weighted by atomic mass is 9.94. The number of aromatic nitrogens is 6. The fourth-order valence-electron chi connectivity index (χ4n) is 4.69. The van der Waals surface area contributed by atoms with E-state index in [9.17, 15) is 14.3 Å². The zero-order valence-corrected chi connectivity index (χ0v) is 20.9. The number of amides is 1. The molecule has 11 heteroatoms. The minimum atomic E-state index is -1.20. The van der Waals surface area contributed by atoms with Crippen LogP contribution in [0.25, 0.3) is 5.82 Å². The number of pyridine rings is 2. The van der Waals surface area contributed by atoms with E-state index in [1.807, 2.05) is 45.0 Å². The molecule has 4 aromatic heterocycles. The molecule has 0 unspecified atom stereocenters. The number of rotatable bonds is 7. The Morgan fingerprint density at radius 2 is 2.08 bits per heavy atom. The van der Waals surface area contributed by atoms with Crippen LogP contribution in [-0.2, 0) is 10.4 Å². The molecule has 5 rings (SSSR count). The average Bonchev–Trinajstić information content (AvgIpc) is 3.59. The number of nitrogens with zero attached hydrogens (tertiary/aromatic N) is 5. The molecule has 1 amide bonds. The van der Waals surface area contributed by atoms with Crippen molar-refractivity contribution in [1.29, 1.82) is 0 Å². The van der Waals surface area contributed by atoms with Gasteiger partial charge in [0.2, 0.25) is 5.91 Å². The summed E-state index contributed by atoms with van der Waals surface area (Å²) in [6, 6.07) is 8.88. The Morgan fingerprint density at radius 1 is 1.24 bits per heavy atom. The van der Waals surface area contributed by atoms with Gasteiger partial charge in [0, 0.05) is 23.9 Å². The van der Waals surface area contributed by atoms with Crippen LogP contribution in [0.4, 0.5) is 16.0 Å². The molecule has 1 aliphatic carbocycles. The lowest BCUT2D eigenvalue weighted by Crippen LogP contribution is -2.33. The van der Waals surface area contributed by atoms with E-state index in [4.69, 9.17) is 0 Å². The van der Waals surface area contributed by atoms with Gasteiger partial charge in [-0.3, -0.25) is 9.89 Å². The molecule has 3 atom stereocenters. The van der Waals surface area contributed by atoms with Crippen molar-refractivity contribution in [2.75, 3.05) is 5.32 Å². The van der Waals surface area contributed by atoms with Crippen LogP contribution in [0.1, 0.15) is 54.7 Å². The summed E-state index contributed by atoms with van der Waals surface area (Å²) in [7, 11) is 0. The summed E-state index contributed by atoms with van der Waals surface area (Å²) in [5.74, 6) is 0.799. The molecule has 0 spiro atoms. The Balaban J connectivity index is 1.23. The zero-order valence-electron chi connectivity index (χ0n) is 20.9. The van der Waals surface area contributed by atoms with Gasteiger partial charge in [0.05, 0.1) is 24.1 Å². The van der Waals surface area contributed by atoms with E-state index in [0.29, 0.717) is 36.0 Å². The molecular formula is C26H29FN8O2. The number of aliphatic hydroxyl groups is 1. The number of H-pyrrole nitrogens is 1. The molecule has 4 N–H and O–H groups in total. The SMILES string of the molecule is Cc1cc(Nc2cc(C)[nH]n2)nc([C@@]2(O)CC[C@H](C(=O)N[C@@H](C)c3ccc(-n4cc(F)cn4)nc3)C2)c1. The van der Waals surface area contributed by atoms with Crippen molar-refractivity contribution in [3.63, 3.8) is 0 Å². The summed E-state index contributed by atoms with van der Waals surface area (Å²) in [6.45, 7) is 5.73. The molecule has 10 nitrogen and oxygen atoms in total. The van der Waals surface area contributed by atoms with Crippen LogP contribution in [0, 0.1) is 25.6 Å². The van der Waals surface area contributed by atoms with Crippen LogP contribution in [-0.4, -0.2) is 41.0 Å². The minimum absolute atomic E-state index is 0.125. The van der Waals surface area contributed by atoms with Crippen molar-refractivity contribution < 1.29 is 14.3 Å². The predicted octanol–water partition coefficient (Wildman–Crippen LogP) is 3.75. The first kappa shape index (κ1) is 24.6. The second-order valence-corrected chi connectivity index (χ2v) is 9.73. The van der Waals surface area contributed by atoms with E-state index in [2.05, 4.69) is 35.9 Å². The topological polar surface area (TPSA) is 134 Å². The normalized spacial score (nSPS) is 20.1. The van der Waals surface area contributed by atoms with Gasteiger partial charge in [-0.15, -0.1) is 0 Å². The van der Waals surface area contributed by atoms with Gasteiger partial charge in [0.15, 0.2) is 17.5 Å². The second-order valence-electron chi connectivity index (χ2n) is 9.73. The van der Waals surface area contributed by atoms with Crippen LogP contribution >= 0.6 is 0 Å². The number of carbonyl (C=O) groups excluding carboxylic acids is 1. The second kappa shape index (κ2) is 9.74. The van der Waals surface area contributed by atoms with E-state index < -0.39 is 11.4 Å². The Bertz CT molecular complexity index is 1420. The van der Waals surface area contributed by atoms with Crippen LogP contribution in [0.15, 0.2) is 48.9 Å². The van der Waals surface area contributed by atoms with Crippen molar-refractivity contribution in [2.24, 2.45) is 5.92 Å². The lowest BCUT2D eigenvalue weighted by Gasteiger charge is -2.24. The number of hydrogen-bond donors (Lipinski definition) is 4. The fraction of sp³-hybridized carbons (Fsp3) is 0.346. The summed E-state index contributed by atoms with van der Waals surface area (Å²) in [5.41, 5.74) is 2.02. The third kappa shape index (κ3) is 5.36. The van der Waals surface area contributed by atoms with Crippen LogP contribution in [0.5, 0.6) is 0 Å². The monoisotopic (exact) mass is 504 g/mol. The summed E-state index contributed by atoms with van der Waals surface area (Å²) >= 11 is 0. The van der Waals surface area contributed by atoms with Gasteiger partial charge in [-0.2, -0.15) is 10.2 Å². The van der Waals surface area contributed by atoms with Gasteiger partial charge in [-0.1, -0.05) is 6.07 Å². The highest BCUT2D eigenvalue weighted by Gasteiger charge is 2.43. The number of hydrogen-bond acceptors (Lipinski definition) is 7. The Morgan fingerprint density at radius 3 is 2.76 bits per heavy atom. The van der Waals surface area contributed by atoms with Crippen LogP contribution in [0.3, 0.4) is 0 Å². The first-order chi connectivity index (χ1) is 17.7. The number of nitrogens with one attached hydrogen (secondary N) is 3. The number of anilines is 2. The van der Waals surface area contributed by atoms with Gasteiger partial charge in [0.1, 0.15) is 11.4 Å². The Kier molecular flexibility index (Phi) is 6.46. The highest BCUT2D eigenvalue weighted by Crippen LogP contribution is 2.42. The molecule has 0 saturated heterocycles. The molecule has 1 fully saturated rings. The maximum Gasteiger partial charge on any atom is 0.223 e. The molecule has 1 saturated carbocycles. The zero-order chi connectivity index (χ0) is 26.2. The molecule has 0 aromatic carbocycles. The largest absolute Gasteiger partial charge is 0.384 e. The van der Waals surface area contributed by atoms with Gasteiger partial charge >= 0.3 is 0 Å². The van der Waals surface area contributed by atoms with Gasteiger partial charge < -0.3 is 15.7 Å². The van der Waals surface area contributed by atoms with E-state index in [1.165, 1.54) is 10.9 Å². The molecular weight excluding hydrogens is 475 g/mol. The summed E-state index contributed by atoms with van der Waals surface area (Å²) < 4.78 is 14.6. The number of halogens is 1. The quantitative estimate of drug-likeness (QED) is 0.301. The molecule has 192 valence electrons. The van der Waals surface area contributed by atoms with Gasteiger partial charge in [0.25, 0.3) is 0 Å². The number of aromatic amines is 1. The lowest BCUT2D eigenvalue weighted by molar-refractivity contribution is -0.126. The van der Waals surface area contributed by atoms with Crippen molar-refractivity contribution in [1.82, 2.24) is 35.3 Å². The maximum atomic E-state index is 13.2. The van der Waals surface area contributed by atoms with Crippen molar-refractivity contribution in [2.45, 2.75) is 51.7 Å². The average molecular weight is 505 g/mol. The molecule has 0 radical (unpaired) electrons. The Labute approximate surface area is 213 Å². The number of carbonyl (C=O) groups is 1.